The Bertz CT molecular complexity index is 391. The third-order valence-electron chi connectivity index (χ3n) is 5.96. The van der Waals surface area contributed by atoms with E-state index in [1.807, 2.05) is 0 Å². The molecule has 5 heteroatoms. The summed E-state index contributed by atoms with van der Waals surface area (Å²) >= 11 is 0. The average molecular weight is 316 g/mol. The average Bonchev–Trinajstić information content (AvgIpc) is 2.77. The van der Waals surface area contributed by atoms with Crippen LogP contribution in [-0.2, 0) is 4.74 Å². The van der Waals surface area contributed by atoms with Crippen molar-refractivity contribution in [1.29, 1.82) is 0 Å². The van der Waals surface area contributed by atoms with Gasteiger partial charge in [-0.25, -0.2) is 8.78 Å². The minimum atomic E-state index is -2.77. The summed E-state index contributed by atoms with van der Waals surface area (Å²) in [7, 11) is 0. The van der Waals surface area contributed by atoms with Crippen LogP contribution in [0.1, 0.15) is 58.8 Å². The molecule has 0 aromatic heterocycles. The molecule has 0 radical (unpaired) electrons. The number of rotatable bonds is 3. The number of halogens is 2. The van der Waals surface area contributed by atoms with Gasteiger partial charge in [0, 0.05) is 25.0 Å². The van der Waals surface area contributed by atoms with Crippen molar-refractivity contribution in [1.82, 2.24) is 4.90 Å². The summed E-state index contributed by atoms with van der Waals surface area (Å²) in [5.74, 6) is -2.29. The molecule has 4 rings (SSSR count). The number of hydrogen-bond donors (Lipinski definition) is 1. The van der Waals surface area contributed by atoms with E-state index in [1.165, 1.54) is 12.8 Å². The van der Waals surface area contributed by atoms with Crippen molar-refractivity contribution in [2.24, 2.45) is 11.7 Å². The predicted octanol–water partition coefficient (Wildman–Crippen LogP) is 3.17. The van der Waals surface area contributed by atoms with Crippen LogP contribution in [0.3, 0.4) is 0 Å². The largest absolute Gasteiger partial charge is 0.373 e. The molecule has 128 valence electrons. The van der Waals surface area contributed by atoms with Crippen LogP contribution in [0.15, 0.2) is 0 Å². The number of fused-ring (bicyclic) bond motifs is 4. The highest BCUT2D eigenvalue weighted by atomic mass is 19.3. The maximum absolute atomic E-state index is 13.8. The van der Waals surface area contributed by atoms with Crippen molar-refractivity contribution in [3.05, 3.63) is 0 Å². The predicted molar refractivity (Wildman–Crippen MR) is 83.0 cm³/mol. The van der Waals surface area contributed by atoms with E-state index in [-0.39, 0.29) is 12.5 Å². The number of nitrogens with two attached hydrogens (primary N) is 1. The van der Waals surface area contributed by atoms with Crippen LogP contribution in [0.25, 0.3) is 0 Å². The van der Waals surface area contributed by atoms with E-state index in [0.29, 0.717) is 30.8 Å². The molecule has 2 aliphatic carbocycles. The van der Waals surface area contributed by atoms with Gasteiger partial charge in [-0.05, 0) is 51.9 Å². The molecule has 22 heavy (non-hydrogen) atoms. The van der Waals surface area contributed by atoms with Crippen molar-refractivity contribution in [2.45, 2.75) is 95.0 Å². The van der Waals surface area contributed by atoms with Crippen molar-refractivity contribution in [2.75, 3.05) is 6.54 Å². The van der Waals surface area contributed by atoms with E-state index >= 15 is 0 Å². The van der Waals surface area contributed by atoms with E-state index < -0.39 is 18.1 Å². The molecule has 2 N–H and O–H groups in total. The van der Waals surface area contributed by atoms with Crippen LogP contribution in [0.2, 0.25) is 0 Å². The van der Waals surface area contributed by atoms with Gasteiger partial charge in [0.25, 0.3) is 5.92 Å². The quantitative estimate of drug-likeness (QED) is 0.869. The first kappa shape index (κ1) is 16.6. The molecule has 0 aromatic carbocycles. The number of ether oxygens (including phenoxy) is 1. The first-order valence-corrected chi connectivity index (χ1v) is 8.93. The van der Waals surface area contributed by atoms with Crippen LogP contribution < -0.4 is 5.73 Å². The Kier molecular flexibility index (Phi) is 4.77. The van der Waals surface area contributed by atoms with Crippen LogP contribution in [0, 0.1) is 5.92 Å². The maximum Gasteiger partial charge on any atom is 0.265 e. The fourth-order valence-corrected chi connectivity index (χ4v) is 4.64. The van der Waals surface area contributed by atoms with Gasteiger partial charge in [-0.1, -0.05) is 6.42 Å². The Morgan fingerprint density at radius 1 is 1.14 bits per heavy atom. The van der Waals surface area contributed by atoms with E-state index in [0.717, 1.165) is 19.4 Å². The second-order valence-corrected chi connectivity index (χ2v) is 7.76. The zero-order chi connectivity index (χ0) is 15.9. The molecule has 5 atom stereocenters. The van der Waals surface area contributed by atoms with Crippen LogP contribution in [0.4, 0.5) is 8.78 Å². The standard InChI is InChI=1S/C17H30F2N2O/c1-11(2)21-10-12-5-3-6-13(21)9-15(12)22-14-7-4-8-17(18,19)16(14)20/h11-16H,3-10,20H2,1-2H3/t12?,13?,14-,15+,16+/m0/s1. The van der Waals surface area contributed by atoms with Gasteiger partial charge in [0.1, 0.15) is 0 Å². The Morgan fingerprint density at radius 2 is 1.91 bits per heavy atom. The lowest BCUT2D eigenvalue weighted by Gasteiger charge is -2.46. The van der Waals surface area contributed by atoms with Gasteiger partial charge in [-0.3, -0.25) is 4.90 Å². The molecule has 0 amide bonds. The van der Waals surface area contributed by atoms with E-state index in [1.54, 1.807) is 0 Å². The number of piperidine rings is 1. The Morgan fingerprint density at radius 3 is 2.64 bits per heavy atom. The minimum Gasteiger partial charge on any atom is -0.373 e. The molecular formula is C17H30F2N2O. The zero-order valence-electron chi connectivity index (χ0n) is 13.8. The molecule has 4 aliphatic rings. The summed E-state index contributed by atoms with van der Waals surface area (Å²) < 4.78 is 33.8. The lowest BCUT2D eigenvalue weighted by Crippen LogP contribution is -2.57. The van der Waals surface area contributed by atoms with Gasteiger partial charge in [0.2, 0.25) is 0 Å². The third-order valence-corrected chi connectivity index (χ3v) is 5.96. The third kappa shape index (κ3) is 3.17. The van der Waals surface area contributed by atoms with Crippen molar-refractivity contribution in [3.8, 4) is 0 Å². The Balaban J connectivity index is 1.66. The summed E-state index contributed by atoms with van der Waals surface area (Å²) in [6.07, 6.45) is 5.33. The molecule has 3 nitrogen and oxygen atoms in total. The lowest BCUT2D eigenvalue weighted by atomic mass is 9.87. The number of nitrogens with zero attached hydrogens (tertiary/aromatic N) is 1. The van der Waals surface area contributed by atoms with Crippen LogP contribution in [-0.4, -0.2) is 47.7 Å². The van der Waals surface area contributed by atoms with Crippen molar-refractivity contribution in [3.63, 3.8) is 0 Å². The normalized spacial score (nSPS) is 42.5. The highest BCUT2D eigenvalue weighted by Gasteiger charge is 2.48. The van der Waals surface area contributed by atoms with Gasteiger partial charge in [-0.2, -0.15) is 0 Å². The van der Waals surface area contributed by atoms with Gasteiger partial charge in [0.15, 0.2) is 0 Å². The fraction of sp³-hybridized carbons (Fsp3) is 1.00. The monoisotopic (exact) mass is 316 g/mol. The Labute approximate surface area is 132 Å². The SMILES string of the molecule is CC(C)N1CC2CCCC1C[C@H]2O[C@H]1CCCC(F)(F)[C@@H]1N. The van der Waals surface area contributed by atoms with E-state index in [2.05, 4.69) is 18.7 Å². The second-order valence-electron chi connectivity index (χ2n) is 7.76. The fourth-order valence-electron chi connectivity index (χ4n) is 4.64. The van der Waals surface area contributed by atoms with Gasteiger partial charge < -0.3 is 10.5 Å². The smallest absolute Gasteiger partial charge is 0.265 e. The highest BCUT2D eigenvalue weighted by molar-refractivity contribution is 4.96. The van der Waals surface area contributed by atoms with E-state index in [9.17, 15) is 8.78 Å². The van der Waals surface area contributed by atoms with Crippen molar-refractivity contribution >= 4 is 0 Å². The molecule has 2 aliphatic heterocycles. The maximum atomic E-state index is 13.8. The molecule has 2 heterocycles. The van der Waals surface area contributed by atoms with Gasteiger partial charge >= 0.3 is 0 Å². The summed E-state index contributed by atoms with van der Waals surface area (Å²) in [4.78, 5) is 2.58. The van der Waals surface area contributed by atoms with Gasteiger partial charge in [-0.15, -0.1) is 0 Å². The molecule has 0 spiro atoms. The first-order chi connectivity index (χ1) is 10.4. The number of hydrogen-bond acceptors (Lipinski definition) is 3. The summed E-state index contributed by atoms with van der Waals surface area (Å²) in [6, 6.07) is -0.0406. The first-order valence-electron chi connectivity index (χ1n) is 8.93. The summed E-state index contributed by atoms with van der Waals surface area (Å²) in [6.45, 7) is 5.54. The zero-order valence-corrected chi connectivity index (χ0v) is 13.8. The van der Waals surface area contributed by atoms with E-state index in [4.69, 9.17) is 10.5 Å². The molecule has 4 fully saturated rings. The second kappa shape index (κ2) is 6.33. The van der Waals surface area contributed by atoms with Crippen LogP contribution >= 0.6 is 0 Å². The molecule has 2 bridgehead atoms. The van der Waals surface area contributed by atoms with Crippen molar-refractivity contribution < 1.29 is 13.5 Å². The summed E-state index contributed by atoms with van der Waals surface area (Å²) in [5.41, 5.74) is 5.80. The summed E-state index contributed by atoms with van der Waals surface area (Å²) in [5, 5.41) is 0. The highest BCUT2D eigenvalue weighted by Crippen LogP contribution is 2.40. The molecule has 2 unspecified atom stereocenters. The molecule has 0 aromatic rings. The molecular weight excluding hydrogens is 286 g/mol. The minimum absolute atomic E-state index is 0.0914. The topological polar surface area (TPSA) is 38.5 Å². The van der Waals surface area contributed by atoms with Crippen LogP contribution in [0.5, 0.6) is 0 Å². The Hall–Kier alpha value is -0.260. The van der Waals surface area contributed by atoms with Gasteiger partial charge in [0.05, 0.1) is 18.2 Å². The molecule has 2 saturated carbocycles. The lowest BCUT2D eigenvalue weighted by molar-refractivity contribution is -0.155. The molecule has 2 saturated heterocycles. The number of alkyl halides is 2.